The van der Waals surface area contributed by atoms with E-state index in [1.165, 1.54) is 0 Å². The van der Waals surface area contributed by atoms with Crippen molar-refractivity contribution >= 4 is 11.6 Å². The fourth-order valence-corrected chi connectivity index (χ4v) is 2.09. The standard InChI is InChI=1S/C14H20N2O3/c1-18-14(7-4-8-14)10-16-13(17)9-19-12-6-3-2-5-11(12)15/h2-3,5-6H,4,7-10,15H2,1H3,(H,16,17). The molecule has 0 heterocycles. The van der Waals surface area contributed by atoms with E-state index in [1.54, 1.807) is 19.2 Å². The number of carbonyl (C=O) groups is 1. The second-order valence-electron chi connectivity index (χ2n) is 4.84. The maximum Gasteiger partial charge on any atom is 0.258 e. The molecule has 0 aliphatic heterocycles. The van der Waals surface area contributed by atoms with E-state index in [9.17, 15) is 4.79 Å². The third-order valence-electron chi connectivity index (χ3n) is 3.58. The summed E-state index contributed by atoms with van der Waals surface area (Å²) in [6.07, 6.45) is 3.15. The van der Waals surface area contributed by atoms with Gasteiger partial charge in [0, 0.05) is 13.7 Å². The Morgan fingerprint density at radius 3 is 2.74 bits per heavy atom. The van der Waals surface area contributed by atoms with Crippen LogP contribution in [0.2, 0.25) is 0 Å². The normalized spacial score (nSPS) is 16.5. The Kier molecular flexibility index (Phi) is 4.27. The van der Waals surface area contributed by atoms with Gasteiger partial charge in [-0.05, 0) is 31.4 Å². The number of nitrogens with one attached hydrogen (secondary N) is 1. The summed E-state index contributed by atoms with van der Waals surface area (Å²) in [6, 6.07) is 7.12. The number of amides is 1. The third-order valence-corrected chi connectivity index (χ3v) is 3.58. The summed E-state index contributed by atoms with van der Waals surface area (Å²) >= 11 is 0. The van der Waals surface area contributed by atoms with Crippen LogP contribution in [0.5, 0.6) is 5.75 Å². The predicted molar refractivity (Wildman–Crippen MR) is 73.0 cm³/mol. The van der Waals surface area contributed by atoms with Gasteiger partial charge in [0.25, 0.3) is 5.91 Å². The van der Waals surface area contributed by atoms with Crippen LogP contribution < -0.4 is 15.8 Å². The summed E-state index contributed by atoms with van der Waals surface area (Å²) in [5.41, 5.74) is 6.09. The SMILES string of the molecule is COC1(CNC(=O)COc2ccccc2N)CCC1. The second-order valence-corrected chi connectivity index (χ2v) is 4.84. The highest BCUT2D eigenvalue weighted by Crippen LogP contribution is 2.34. The van der Waals surface area contributed by atoms with Crippen molar-refractivity contribution in [3.63, 3.8) is 0 Å². The number of nitrogens with two attached hydrogens (primary N) is 1. The average molecular weight is 264 g/mol. The van der Waals surface area contributed by atoms with Crippen LogP contribution in [0, 0.1) is 0 Å². The van der Waals surface area contributed by atoms with Crippen molar-refractivity contribution in [1.82, 2.24) is 5.32 Å². The van der Waals surface area contributed by atoms with Gasteiger partial charge in [-0.15, -0.1) is 0 Å². The number of hydrogen-bond acceptors (Lipinski definition) is 4. The molecule has 1 amide bonds. The van der Waals surface area contributed by atoms with Crippen LogP contribution in [0.3, 0.4) is 0 Å². The molecule has 1 aliphatic rings. The van der Waals surface area contributed by atoms with Gasteiger partial charge in [-0.25, -0.2) is 0 Å². The summed E-state index contributed by atoms with van der Waals surface area (Å²) < 4.78 is 10.8. The number of nitrogen functional groups attached to an aromatic ring is 1. The molecule has 19 heavy (non-hydrogen) atoms. The zero-order chi connectivity index (χ0) is 13.7. The molecule has 2 rings (SSSR count). The fourth-order valence-electron chi connectivity index (χ4n) is 2.09. The Balaban J connectivity index is 1.74. The van der Waals surface area contributed by atoms with Crippen molar-refractivity contribution < 1.29 is 14.3 Å². The lowest BCUT2D eigenvalue weighted by Gasteiger charge is -2.40. The Bertz CT molecular complexity index is 439. The van der Waals surface area contributed by atoms with Crippen molar-refractivity contribution in [3.8, 4) is 5.75 Å². The van der Waals surface area contributed by atoms with Gasteiger partial charge in [0.15, 0.2) is 6.61 Å². The van der Waals surface area contributed by atoms with Gasteiger partial charge in [0.05, 0.1) is 11.3 Å². The minimum Gasteiger partial charge on any atom is -0.482 e. The first-order valence-corrected chi connectivity index (χ1v) is 6.44. The third kappa shape index (κ3) is 3.38. The minimum absolute atomic E-state index is 0.0337. The van der Waals surface area contributed by atoms with Gasteiger partial charge in [-0.2, -0.15) is 0 Å². The average Bonchev–Trinajstić information content (AvgIpc) is 2.37. The van der Waals surface area contributed by atoms with E-state index < -0.39 is 0 Å². The minimum atomic E-state index is -0.165. The van der Waals surface area contributed by atoms with E-state index in [0.717, 1.165) is 19.3 Å². The number of methoxy groups -OCH3 is 1. The van der Waals surface area contributed by atoms with Crippen molar-refractivity contribution in [2.45, 2.75) is 24.9 Å². The lowest BCUT2D eigenvalue weighted by atomic mass is 9.80. The van der Waals surface area contributed by atoms with Crippen molar-refractivity contribution in [2.75, 3.05) is 26.0 Å². The van der Waals surface area contributed by atoms with Gasteiger partial charge >= 0.3 is 0 Å². The van der Waals surface area contributed by atoms with E-state index in [-0.39, 0.29) is 18.1 Å². The molecule has 1 aromatic rings. The molecule has 1 aliphatic carbocycles. The van der Waals surface area contributed by atoms with Crippen LogP contribution in [-0.2, 0) is 9.53 Å². The van der Waals surface area contributed by atoms with Crippen molar-refractivity contribution in [3.05, 3.63) is 24.3 Å². The highest BCUT2D eigenvalue weighted by atomic mass is 16.5. The van der Waals surface area contributed by atoms with Crippen molar-refractivity contribution in [1.29, 1.82) is 0 Å². The number of para-hydroxylation sites is 2. The zero-order valence-electron chi connectivity index (χ0n) is 11.1. The summed E-state index contributed by atoms with van der Waals surface area (Å²) in [7, 11) is 1.69. The Morgan fingerprint density at radius 2 is 2.16 bits per heavy atom. The van der Waals surface area contributed by atoms with Crippen LogP contribution in [0.15, 0.2) is 24.3 Å². The van der Waals surface area contributed by atoms with E-state index in [2.05, 4.69) is 5.32 Å². The van der Waals surface area contributed by atoms with Gasteiger partial charge < -0.3 is 20.5 Å². The van der Waals surface area contributed by atoms with Gasteiger partial charge in [0.2, 0.25) is 0 Å². The monoisotopic (exact) mass is 264 g/mol. The van der Waals surface area contributed by atoms with Crippen LogP contribution in [0.25, 0.3) is 0 Å². The molecule has 3 N–H and O–H groups in total. The Labute approximate surface area is 113 Å². The molecule has 0 atom stereocenters. The molecule has 0 spiro atoms. The van der Waals surface area contributed by atoms with E-state index in [0.29, 0.717) is 18.0 Å². The molecular formula is C14H20N2O3. The maximum atomic E-state index is 11.7. The lowest BCUT2D eigenvalue weighted by molar-refractivity contribution is -0.126. The molecule has 1 saturated carbocycles. The molecule has 1 aromatic carbocycles. The summed E-state index contributed by atoms with van der Waals surface area (Å²) in [5.74, 6) is 0.370. The van der Waals surface area contributed by atoms with Crippen LogP contribution >= 0.6 is 0 Å². The summed E-state index contributed by atoms with van der Waals surface area (Å²) in [6.45, 7) is 0.504. The number of rotatable bonds is 6. The molecule has 1 fully saturated rings. The number of carbonyl (C=O) groups excluding carboxylic acids is 1. The lowest BCUT2D eigenvalue weighted by Crippen LogP contribution is -2.50. The molecular weight excluding hydrogens is 244 g/mol. The highest BCUT2D eigenvalue weighted by Gasteiger charge is 2.37. The first-order chi connectivity index (χ1) is 9.15. The first-order valence-electron chi connectivity index (χ1n) is 6.44. The molecule has 104 valence electrons. The largest absolute Gasteiger partial charge is 0.482 e. The quantitative estimate of drug-likeness (QED) is 0.760. The molecule has 0 bridgehead atoms. The maximum absolute atomic E-state index is 11.7. The van der Waals surface area contributed by atoms with E-state index >= 15 is 0 Å². The first kappa shape index (κ1) is 13.7. The summed E-state index contributed by atoms with van der Waals surface area (Å²) in [4.78, 5) is 11.7. The van der Waals surface area contributed by atoms with E-state index in [4.69, 9.17) is 15.2 Å². The number of ether oxygens (including phenoxy) is 2. The van der Waals surface area contributed by atoms with E-state index in [1.807, 2.05) is 12.1 Å². The molecule has 0 unspecified atom stereocenters. The van der Waals surface area contributed by atoms with Crippen LogP contribution in [-0.4, -0.2) is 31.8 Å². The predicted octanol–water partition coefficient (Wildman–Crippen LogP) is 1.33. The molecule has 0 saturated heterocycles. The number of benzene rings is 1. The topological polar surface area (TPSA) is 73.6 Å². The van der Waals surface area contributed by atoms with Crippen LogP contribution in [0.4, 0.5) is 5.69 Å². The summed E-state index contributed by atoms with van der Waals surface area (Å²) in [5, 5.41) is 2.84. The van der Waals surface area contributed by atoms with Crippen LogP contribution in [0.1, 0.15) is 19.3 Å². The number of anilines is 1. The molecule has 0 radical (unpaired) electrons. The second kappa shape index (κ2) is 5.93. The van der Waals surface area contributed by atoms with Crippen molar-refractivity contribution in [2.24, 2.45) is 0 Å². The van der Waals surface area contributed by atoms with Gasteiger partial charge in [-0.3, -0.25) is 4.79 Å². The smallest absolute Gasteiger partial charge is 0.258 e. The molecule has 5 heteroatoms. The molecule has 0 aromatic heterocycles. The highest BCUT2D eigenvalue weighted by molar-refractivity contribution is 5.77. The van der Waals surface area contributed by atoms with Gasteiger partial charge in [0.1, 0.15) is 5.75 Å². The zero-order valence-corrected chi connectivity index (χ0v) is 11.1. The Hall–Kier alpha value is -1.75. The molecule has 5 nitrogen and oxygen atoms in total. The number of hydrogen-bond donors (Lipinski definition) is 2. The Morgan fingerprint density at radius 1 is 1.42 bits per heavy atom. The van der Waals surface area contributed by atoms with Gasteiger partial charge in [-0.1, -0.05) is 12.1 Å². The fraction of sp³-hybridized carbons (Fsp3) is 0.500.